The zero-order chi connectivity index (χ0) is 18.8. The molecule has 6 nitrogen and oxygen atoms in total. The van der Waals surface area contributed by atoms with E-state index >= 15 is 0 Å². The second kappa shape index (κ2) is 7.15. The molecule has 0 saturated heterocycles. The molecule has 0 saturated carbocycles. The maximum atomic E-state index is 12.7. The van der Waals surface area contributed by atoms with E-state index in [0.717, 1.165) is 5.56 Å². The van der Waals surface area contributed by atoms with Crippen molar-refractivity contribution >= 4 is 12.2 Å². The highest BCUT2D eigenvalue weighted by molar-refractivity contribution is 6.00. The summed E-state index contributed by atoms with van der Waals surface area (Å²) in [6.07, 6.45) is 1.01. The lowest BCUT2D eigenvalue weighted by atomic mass is 10.1. The Morgan fingerprint density at radius 1 is 1.38 bits per heavy atom. The van der Waals surface area contributed by atoms with Crippen molar-refractivity contribution in [2.24, 2.45) is 0 Å². The molecule has 1 aliphatic heterocycles. The van der Waals surface area contributed by atoms with Crippen LogP contribution in [-0.2, 0) is 6.54 Å². The third-order valence-corrected chi connectivity index (χ3v) is 4.37. The third-order valence-electron chi connectivity index (χ3n) is 4.37. The van der Waals surface area contributed by atoms with E-state index in [2.05, 4.69) is 9.97 Å². The minimum absolute atomic E-state index is 0.143. The molecule has 1 unspecified atom stereocenters. The predicted molar refractivity (Wildman–Crippen MR) is 88.4 cm³/mol. The van der Waals surface area contributed by atoms with Crippen molar-refractivity contribution in [3.8, 4) is 5.88 Å². The van der Waals surface area contributed by atoms with Gasteiger partial charge in [0.1, 0.15) is 5.69 Å². The highest BCUT2D eigenvalue weighted by Crippen LogP contribution is 2.32. The van der Waals surface area contributed by atoms with E-state index < -0.39 is 13.0 Å². The number of aryl methyl sites for hydroxylation is 1. The monoisotopic (exact) mass is 361 g/mol. The number of hydrogen-bond acceptors (Lipinski definition) is 5. The lowest BCUT2D eigenvalue weighted by molar-refractivity contribution is 0.0712. The zero-order valence-corrected chi connectivity index (χ0v) is 14.3. The van der Waals surface area contributed by atoms with Crippen molar-refractivity contribution in [1.29, 1.82) is 0 Å². The van der Waals surface area contributed by atoms with Gasteiger partial charge >= 0.3 is 0 Å². The van der Waals surface area contributed by atoms with E-state index in [1.54, 1.807) is 24.0 Å². The van der Waals surface area contributed by atoms with Gasteiger partial charge in [0.2, 0.25) is 5.88 Å². The first-order valence-corrected chi connectivity index (χ1v) is 8.04. The quantitative estimate of drug-likeness (QED) is 0.740. The first-order valence-electron chi connectivity index (χ1n) is 8.04. The Hall–Kier alpha value is -2.90. The average Bonchev–Trinajstić information content (AvgIpc) is 2.97. The maximum Gasteiger partial charge on any atom is 0.272 e. The summed E-state index contributed by atoms with van der Waals surface area (Å²) in [7, 11) is 0. The van der Waals surface area contributed by atoms with Crippen LogP contribution in [0.4, 0.5) is 8.78 Å². The Bertz CT molecular complexity index is 858. The average molecular weight is 361 g/mol. The number of halogens is 2. The molecule has 0 bridgehead atoms. The van der Waals surface area contributed by atoms with E-state index in [4.69, 9.17) is 4.74 Å². The standard InChI is InChI=1S/C18H17F2N3O3/c1-10-5-12(6-22-17(10)26-9-16(19)20)11(2)23-7-14-13(18(23)25)3-4-21-15(14)8-24/h3-6,8,11,16H,7,9H2,1-2H3. The molecule has 3 rings (SSSR count). The molecule has 26 heavy (non-hydrogen) atoms. The molecule has 0 spiro atoms. The van der Waals surface area contributed by atoms with E-state index in [1.165, 1.54) is 12.4 Å². The number of amides is 1. The van der Waals surface area contributed by atoms with Crippen molar-refractivity contribution in [2.75, 3.05) is 6.61 Å². The molecule has 8 heteroatoms. The summed E-state index contributed by atoms with van der Waals surface area (Å²) in [6, 6.07) is 3.04. The smallest absolute Gasteiger partial charge is 0.272 e. The Balaban J connectivity index is 1.82. The van der Waals surface area contributed by atoms with Crippen LogP contribution in [0.25, 0.3) is 0 Å². The number of nitrogens with zero attached hydrogens (tertiary/aromatic N) is 3. The highest BCUT2D eigenvalue weighted by atomic mass is 19.3. The van der Waals surface area contributed by atoms with Gasteiger partial charge in [-0.1, -0.05) is 0 Å². The summed E-state index contributed by atoms with van der Waals surface area (Å²) in [6.45, 7) is 3.11. The highest BCUT2D eigenvalue weighted by Gasteiger charge is 2.33. The molecule has 3 heterocycles. The number of aldehydes is 1. The van der Waals surface area contributed by atoms with Crippen molar-refractivity contribution in [3.05, 3.63) is 52.5 Å². The van der Waals surface area contributed by atoms with Gasteiger partial charge in [-0.2, -0.15) is 0 Å². The molecule has 0 aliphatic carbocycles. The van der Waals surface area contributed by atoms with Gasteiger partial charge in [-0.05, 0) is 31.5 Å². The number of aromatic nitrogens is 2. The Morgan fingerprint density at radius 2 is 2.15 bits per heavy atom. The Morgan fingerprint density at radius 3 is 2.81 bits per heavy atom. The summed E-state index contributed by atoms with van der Waals surface area (Å²) in [5, 5.41) is 0. The first kappa shape index (κ1) is 17.9. The number of hydrogen-bond donors (Lipinski definition) is 0. The number of ether oxygens (including phenoxy) is 1. The molecule has 1 aliphatic rings. The number of carbonyl (C=O) groups is 2. The largest absolute Gasteiger partial charge is 0.471 e. The van der Waals surface area contributed by atoms with E-state index in [9.17, 15) is 18.4 Å². The van der Waals surface area contributed by atoms with Gasteiger partial charge in [0.05, 0.1) is 6.04 Å². The predicted octanol–water partition coefficient (Wildman–Crippen LogP) is 2.96. The molecule has 0 aromatic carbocycles. The molecule has 136 valence electrons. The molecule has 2 aromatic rings. The summed E-state index contributed by atoms with van der Waals surface area (Å²) in [5.41, 5.74) is 2.69. The van der Waals surface area contributed by atoms with Crippen LogP contribution in [0.15, 0.2) is 24.5 Å². The van der Waals surface area contributed by atoms with E-state index in [1.807, 2.05) is 6.92 Å². The van der Waals surface area contributed by atoms with Crippen LogP contribution in [-0.4, -0.2) is 40.1 Å². The van der Waals surface area contributed by atoms with Crippen LogP contribution in [0.3, 0.4) is 0 Å². The lowest BCUT2D eigenvalue weighted by Crippen LogP contribution is -2.27. The fourth-order valence-electron chi connectivity index (χ4n) is 2.97. The van der Waals surface area contributed by atoms with Crippen LogP contribution >= 0.6 is 0 Å². The molecule has 0 fully saturated rings. The Kier molecular flexibility index (Phi) is 4.92. The Labute approximate surface area is 148 Å². The topological polar surface area (TPSA) is 72.4 Å². The van der Waals surface area contributed by atoms with Crippen LogP contribution in [0, 0.1) is 6.92 Å². The van der Waals surface area contributed by atoms with Gasteiger partial charge in [0, 0.05) is 35.6 Å². The van der Waals surface area contributed by atoms with Crippen molar-refractivity contribution < 1.29 is 23.1 Å². The zero-order valence-electron chi connectivity index (χ0n) is 14.3. The molecule has 1 atom stereocenters. The molecule has 1 amide bonds. The van der Waals surface area contributed by atoms with Crippen LogP contribution in [0.1, 0.15) is 50.5 Å². The number of fused-ring (bicyclic) bond motifs is 1. The summed E-state index contributed by atoms with van der Waals surface area (Å²) in [4.78, 5) is 33.5. The fourth-order valence-corrected chi connectivity index (χ4v) is 2.97. The van der Waals surface area contributed by atoms with Crippen molar-refractivity contribution in [2.45, 2.75) is 32.9 Å². The second-order valence-electron chi connectivity index (χ2n) is 6.04. The minimum atomic E-state index is -2.57. The molecular formula is C18H17F2N3O3. The van der Waals surface area contributed by atoms with Gasteiger partial charge in [0.25, 0.3) is 12.3 Å². The van der Waals surface area contributed by atoms with Gasteiger partial charge in [-0.3, -0.25) is 14.6 Å². The second-order valence-corrected chi connectivity index (χ2v) is 6.04. The van der Waals surface area contributed by atoms with E-state index in [0.29, 0.717) is 23.0 Å². The van der Waals surface area contributed by atoms with Crippen LogP contribution < -0.4 is 4.74 Å². The van der Waals surface area contributed by atoms with Gasteiger partial charge in [-0.15, -0.1) is 0 Å². The van der Waals surface area contributed by atoms with Gasteiger partial charge < -0.3 is 9.64 Å². The number of pyridine rings is 2. The molecular weight excluding hydrogens is 344 g/mol. The van der Waals surface area contributed by atoms with Crippen molar-refractivity contribution in [3.63, 3.8) is 0 Å². The molecule has 0 N–H and O–H groups in total. The van der Waals surface area contributed by atoms with Crippen LogP contribution in [0.2, 0.25) is 0 Å². The minimum Gasteiger partial charge on any atom is -0.471 e. The SMILES string of the molecule is Cc1cc(C(C)N2Cc3c(ccnc3C=O)C2=O)cnc1OCC(F)F. The maximum absolute atomic E-state index is 12.7. The molecule has 0 radical (unpaired) electrons. The number of carbonyl (C=O) groups excluding carboxylic acids is 2. The number of rotatable bonds is 6. The van der Waals surface area contributed by atoms with Crippen molar-refractivity contribution in [1.82, 2.24) is 14.9 Å². The molecule has 2 aromatic heterocycles. The summed E-state index contributed by atoms with van der Waals surface area (Å²) in [5.74, 6) is -0.0431. The summed E-state index contributed by atoms with van der Waals surface area (Å²) < 4.78 is 29.5. The lowest BCUT2D eigenvalue weighted by Gasteiger charge is -2.25. The number of alkyl halides is 2. The fraction of sp³-hybridized carbons (Fsp3) is 0.333. The van der Waals surface area contributed by atoms with Gasteiger partial charge in [-0.25, -0.2) is 13.8 Å². The third kappa shape index (κ3) is 3.26. The normalized spacial score (nSPS) is 14.5. The van der Waals surface area contributed by atoms with E-state index in [-0.39, 0.29) is 30.1 Å². The van der Waals surface area contributed by atoms with Crippen LogP contribution in [0.5, 0.6) is 5.88 Å². The summed E-state index contributed by atoms with van der Waals surface area (Å²) >= 11 is 0. The van der Waals surface area contributed by atoms with Gasteiger partial charge in [0.15, 0.2) is 12.9 Å². The first-order chi connectivity index (χ1) is 12.4.